The lowest BCUT2D eigenvalue weighted by molar-refractivity contribution is -0.119. The summed E-state index contributed by atoms with van der Waals surface area (Å²) in [5.74, 6) is -0.987. The molecule has 0 saturated heterocycles. The summed E-state index contributed by atoms with van der Waals surface area (Å²) in [7, 11) is 1.43. The molecule has 0 fully saturated rings. The zero-order valence-corrected chi connectivity index (χ0v) is 16.6. The van der Waals surface area contributed by atoms with Gasteiger partial charge in [0, 0.05) is 19.0 Å². The van der Waals surface area contributed by atoms with Crippen molar-refractivity contribution in [3.05, 3.63) is 77.6 Å². The van der Waals surface area contributed by atoms with E-state index in [2.05, 4.69) is 10.4 Å². The molecular formula is C22H21N3O5. The molecule has 1 aromatic heterocycles. The number of esters is 1. The monoisotopic (exact) mass is 407 g/mol. The first kappa shape index (κ1) is 20.8. The van der Waals surface area contributed by atoms with Gasteiger partial charge in [-0.2, -0.15) is 5.10 Å². The summed E-state index contributed by atoms with van der Waals surface area (Å²) in [6, 6.07) is 15.9. The maximum Gasteiger partial charge on any atom is 0.363 e. The highest BCUT2D eigenvalue weighted by molar-refractivity contribution is 5.99. The van der Waals surface area contributed by atoms with E-state index < -0.39 is 12.6 Å². The maximum atomic E-state index is 12.4. The number of hydrogen-bond donors (Lipinski definition) is 1. The zero-order chi connectivity index (χ0) is 21.5. The van der Waals surface area contributed by atoms with E-state index in [0.29, 0.717) is 12.1 Å². The van der Waals surface area contributed by atoms with Crippen LogP contribution in [0.2, 0.25) is 0 Å². The molecule has 3 rings (SSSR count). The quantitative estimate of drug-likeness (QED) is 0.455. The second-order valence-electron chi connectivity index (χ2n) is 6.43. The number of ether oxygens (including phenoxy) is 2. The van der Waals surface area contributed by atoms with E-state index >= 15 is 0 Å². The molecule has 0 radical (unpaired) electrons. The highest BCUT2D eigenvalue weighted by atomic mass is 16.5. The lowest BCUT2D eigenvalue weighted by Gasteiger charge is -2.06. The van der Waals surface area contributed by atoms with Crippen LogP contribution in [-0.4, -0.2) is 41.2 Å². The van der Waals surface area contributed by atoms with Crippen molar-refractivity contribution in [2.75, 3.05) is 13.7 Å². The summed E-state index contributed by atoms with van der Waals surface area (Å²) in [6.07, 6.45) is 1.57. The summed E-state index contributed by atoms with van der Waals surface area (Å²) in [4.78, 5) is 35.7. The van der Waals surface area contributed by atoms with Crippen LogP contribution in [0, 0.1) is 0 Å². The minimum atomic E-state index is -0.753. The van der Waals surface area contributed by atoms with Crippen molar-refractivity contribution in [1.82, 2.24) is 15.1 Å². The van der Waals surface area contributed by atoms with Crippen LogP contribution < -0.4 is 10.1 Å². The predicted octanol–water partition coefficient (Wildman–Crippen LogP) is 2.56. The summed E-state index contributed by atoms with van der Waals surface area (Å²) in [5, 5.41) is 6.90. The number of para-hydroxylation sites is 1. The van der Waals surface area contributed by atoms with Gasteiger partial charge in [0.25, 0.3) is 0 Å². The molecule has 0 aliphatic heterocycles. The van der Waals surface area contributed by atoms with Crippen LogP contribution >= 0.6 is 0 Å². The number of rotatable bonds is 8. The molecule has 1 heterocycles. The van der Waals surface area contributed by atoms with Gasteiger partial charge in [-0.1, -0.05) is 42.5 Å². The molecular weight excluding hydrogens is 386 g/mol. The van der Waals surface area contributed by atoms with Gasteiger partial charge in [0.05, 0.1) is 19.0 Å². The van der Waals surface area contributed by atoms with Crippen molar-refractivity contribution in [2.45, 2.75) is 13.5 Å². The fourth-order valence-electron chi connectivity index (χ4n) is 2.68. The molecule has 3 aromatic rings. The predicted molar refractivity (Wildman–Crippen MR) is 109 cm³/mol. The van der Waals surface area contributed by atoms with Crippen molar-refractivity contribution < 1.29 is 23.9 Å². The van der Waals surface area contributed by atoms with Gasteiger partial charge in [-0.25, -0.2) is 9.48 Å². The Hall–Kier alpha value is -3.94. The van der Waals surface area contributed by atoms with Crippen LogP contribution in [0.5, 0.6) is 5.75 Å². The molecule has 8 nitrogen and oxygen atoms in total. The van der Waals surface area contributed by atoms with Crippen LogP contribution in [0.1, 0.15) is 33.3 Å². The molecule has 0 saturated carbocycles. The normalized spacial score (nSPS) is 10.3. The van der Waals surface area contributed by atoms with E-state index in [0.717, 1.165) is 11.3 Å². The van der Waals surface area contributed by atoms with Gasteiger partial charge in [0.15, 0.2) is 18.1 Å². The number of methoxy groups -OCH3 is 1. The third-order valence-electron chi connectivity index (χ3n) is 4.27. The Labute approximate surface area is 173 Å². The van der Waals surface area contributed by atoms with Gasteiger partial charge >= 0.3 is 5.97 Å². The van der Waals surface area contributed by atoms with Crippen LogP contribution in [0.3, 0.4) is 0 Å². The van der Waals surface area contributed by atoms with Gasteiger partial charge < -0.3 is 14.8 Å². The smallest absolute Gasteiger partial charge is 0.363 e. The van der Waals surface area contributed by atoms with Crippen molar-refractivity contribution in [3.63, 3.8) is 0 Å². The van der Waals surface area contributed by atoms with Gasteiger partial charge in [-0.05, 0) is 17.7 Å². The Bertz CT molecular complexity index is 1040. The van der Waals surface area contributed by atoms with E-state index in [9.17, 15) is 14.4 Å². The van der Waals surface area contributed by atoms with E-state index in [1.807, 2.05) is 30.3 Å². The number of carbonyl (C=O) groups excluding carboxylic acids is 3. The molecule has 0 unspecified atom stereocenters. The van der Waals surface area contributed by atoms with Gasteiger partial charge in [0.2, 0.25) is 11.6 Å². The lowest BCUT2D eigenvalue weighted by Crippen LogP contribution is -2.19. The van der Waals surface area contributed by atoms with Crippen molar-refractivity contribution in [3.8, 4) is 11.4 Å². The number of aromatic nitrogens is 2. The van der Waals surface area contributed by atoms with Gasteiger partial charge in [0.1, 0.15) is 0 Å². The Morgan fingerprint density at radius 1 is 1.03 bits per heavy atom. The summed E-state index contributed by atoms with van der Waals surface area (Å²) in [6.45, 7) is 1.39. The van der Waals surface area contributed by atoms with Crippen molar-refractivity contribution >= 4 is 17.7 Å². The fourth-order valence-corrected chi connectivity index (χ4v) is 2.68. The van der Waals surface area contributed by atoms with E-state index in [-0.39, 0.29) is 23.1 Å². The molecule has 0 atom stereocenters. The first-order valence-corrected chi connectivity index (χ1v) is 9.20. The van der Waals surface area contributed by atoms with Gasteiger partial charge in [-0.15, -0.1) is 0 Å². The number of carbonyl (C=O) groups is 3. The first-order chi connectivity index (χ1) is 14.5. The number of hydrogen-bond acceptors (Lipinski definition) is 6. The molecule has 1 amide bonds. The lowest BCUT2D eigenvalue weighted by atomic mass is 10.1. The zero-order valence-electron chi connectivity index (χ0n) is 16.6. The Morgan fingerprint density at radius 3 is 2.37 bits per heavy atom. The standard InChI is InChI=1S/C22H21N3O5/c1-15(26)23-12-16-8-10-17(11-9-16)19(27)14-30-22(28)21-20(29-2)13-25(24-21)18-6-4-3-5-7-18/h3-11,13H,12,14H2,1-2H3,(H,23,26). The highest BCUT2D eigenvalue weighted by Crippen LogP contribution is 2.20. The number of nitrogens with one attached hydrogen (secondary N) is 1. The third-order valence-corrected chi connectivity index (χ3v) is 4.27. The van der Waals surface area contributed by atoms with Crippen LogP contribution in [0.4, 0.5) is 0 Å². The maximum absolute atomic E-state index is 12.4. The van der Waals surface area contributed by atoms with E-state index in [1.54, 1.807) is 30.5 Å². The second kappa shape index (κ2) is 9.51. The van der Waals surface area contributed by atoms with Crippen molar-refractivity contribution in [2.24, 2.45) is 0 Å². The SMILES string of the molecule is COc1cn(-c2ccccc2)nc1C(=O)OCC(=O)c1ccc(CNC(C)=O)cc1. The van der Waals surface area contributed by atoms with E-state index in [1.165, 1.54) is 18.7 Å². The Kier molecular flexibility index (Phi) is 6.59. The minimum absolute atomic E-state index is 0.0141. The Morgan fingerprint density at radius 2 is 1.73 bits per heavy atom. The molecule has 30 heavy (non-hydrogen) atoms. The molecule has 0 bridgehead atoms. The Balaban J connectivity index is 1.63. The van der Waals surface area contributed by atoms with E-state index in [4.69, 9.17) is 9.47 Å². The molecule has 154 valence electrons. The van der Waals surface area contributed by atoms with Crippen molar-refractivity contribution in [1.29, 1.82) is 0 Å². The third kappa shape index (κ3) is 5.11. The molecule has 0 spiro atoms. The molecule has 8 heteroatoms. The van der Waals surface area contributed by atoms with Crippen LogP contribution in [0.25, 0.3) is 5.69 Å². The number of benzene rings is 2. The number of nitrogens with zero attached hydrogens (tertiary/aromatic N) is 2. The number of amides is 1. The summed E-state index contributed by atoms with van der Waals surface area (Å²) in [5.41, 5.74) is 2.00. The van der Waals surface area contributed by atoms with Crippen LogP contribution in [-0.2, 0) is 16.1 Å². The first-order valence-electron chi connectivity index (χ1n) is 9.20. The minimum Gasteiger partial charge on any atom is -0.493 e. The average molecular weight is 407 g/mol. The summed E-state index contributed by atoms with van der Waals surface area (Å²) < 4.78 is 11.9. The molecule has 2 aromatic carbocycles. The molecule has 0 aliphatic rings. The highest BCUT2D eigenvalue weighted by Gasteiger charge is 2.21. The summed E-state index contributed by atoms with van der Waals surface area (Å²) >= 11 is 0. The largest absolute Gasteiger partial charge is 0.493 e. The number of Topliss-reactive ketones (excluding diaryl/α,β-unsaturated/α-hetero) is 1. The second-order valence-corrected chi connectivity index (χ2v) is 6.43. The average Bonchev–Trinajstić information content (AvgIpc) is 3.21. The topological polar surface area (TPSA) is 99.5 Å². The number of ketones is 1. The van der Waals surface area contributed by atoms with Crippen LogP contribution in [0.15, 0.2) is 60.8 Å². The van der Waals surface area contributed by atoms with Gasteiger partial charge in [-0.3, -0.25) is 9.59 Å². The fraction of sp³-hybridized carbons (Fsp3) is 0.182. The molecule has 0 aliphatic carbocycles. The molecule has 1 N–H and O–H groups in total.